The highest BCUT2D eigenvalue weighted by molar-refractivity contribution is 7.14. The molecule has 3 rings (SSSR count). The summed E-state index contributed by atoms with van der Waals surface area (Å²) in [4.78, 5) is 30.6. The molecule has 1 unspecified atom stereocenters. The molecule has 1 aromatic carbocycles. The first-order valence-electron chi connectivity index (χ1n) is 9.16. The number of anilines is 1. The maximum atomic E-state index is 12.6. The van der Waals surface area contributed by atoms with Crippen molar-refractivity contribution in [3.63, 3.8) is 0 Å². The lowest BCUT2D eigenvalue weighted by molar-refractivity contribution is -0.121. The second kappa shape index (κ2) is 8.52. The van der Waals surface area contributed by atoms with Crippen LogP contribution >= 0.6 is 11.3 Å². The van der Waals surface area contributed by atoms with E-state index in [0.717, 1.165) is 17.7 Å². The smallest absolute Gasteiger partial charge is 0.228 e. The first-order chi connectivity index (χ1) is 13.0. The van der Waals surface area contributed by atoms with E-state index in [4.69, 9.17) is 4.74 Å². The van der Waals surface area contributed by atoms with Crippen molar-refractivity contribution in [2.24, 2.45) is 5.92 Å². The molecule has 144 valence electrons. The van der Waals surface area contributed by atoms with Gasteiger partial charge in [0.25, 0.3) is 0 Å². The summed E-state index contributed by atoms with van der Waals surface area (Å²) in [5.41, 5.74) is 1.74. The quantitative estimate of drug-likeness (QED) is 0.791. The molecule has 2 aromatic rings. The van der Waals surface area contributed by atoms with Crippen molar-refractivity contribution >= 4 is 28.3 Å². The summed E-state index contributed by atoms with van der Waals surface area (Å²) in [5, 5.41) is 5.66. The summed E-state index contributed by atoms with van der Waals surface area (Å²) < 4.78 is 5.20. The third kappa shape index (κ3) is 4.66. The second-order valence-corrected chi connectivity index (χ2v) is 7.85. The van der Waals surface area contributed by atoms with Crippen molar-refractivity contribution < 1.29 is 14.3 Å². The zero-order chi connectivity index (χ0) is 19.4. The number of carbonyl (C=O) groups is 2. The van der Waals surface area contributed by atoms with E-state index < -0.39 is 0 Å². The average molecular weight is 388 g/mol. The maximum Gasteiger partial charge on any atom is 0.228 e. The van der Waals surface area contributed by atoms with Gasteiger partial charge in [0.15, 0.2) is 5.13 Å². The van der Waals surface area contributed by atoms with Gasteiger partial charge in [0.1, 0.15) is 5.75 Å². The highest BCUT2D eigenvalue weighted by Crippen LogP contribution is 2.26. The molecule has 0 spiro atoms. The lowest BCUT2D eigenvalue weighted by atomic mass is 9.95. The number of nitrogens with one attached hydrogen (secondary N) is 1. The number of ether oxygens (including phenoxy) is 1. The van der Waals surface area contributed by atoms with Gasteiger partial charge in [-0.2, -0.15) is 0 Å². The number of rotatable bonds is 7. The Bertz CT molecular complexity index is 801. The number of hydrogen-bond acceptors (Lipinski definition) is 5. The summed E-state index contributed by atoms with van der Waals surface area (Å²) in [6.45, 7) is 4.87. The zero-order valence-corrected chi connectivity index (χ0v) is 16.7. The molecule has 1 atom stereocenters. The molecule has 7 heteroatoms. The SMILES string of the molecule is COc1ccc(C(NC(=O)Cc2csc(N3CCCC3=O)n2)C(C)C)cc1. The number of aromatic nitrogens is 1. The molecule has 1 aromatic heterocycles. The van der Waals surface area contributed by atoms with Crippen LogP contribution in [0.5, 0.6) is 5.75 Å². The number of methoxy groups -OCH3 is 1. The molecule has 1 N–H and O–H groups in total. The van der Waals surface area contributed by atoms with Gasteiger partial charge >= 0.3 is 0 Å². The Kier molecular flexibility index (Phi) is 6.11. The fourth-order valence-corrected chi connectivity index (χ4v) is 4.05. The first kappa shape index (κ1) is 19.4. The molecule has 1 aliphatic rings. The Labute approximate surface area is 163 Å². The monoisotopic (exact) mass is 387 g/mol. The molecular weight excluding hydrogens is 362 g/mol. The van der Waals surface area contributed by atoms with Crippen LogP contribution in [0.25, 0.3) is 0 Å². The fourth-order valence-electron chi connectivity index (χ4n) is 3.19. The molecule has 1 aliphatic heterocycles. The minimum absolute atomic E-state index is 0.0749. The van der Waals surface area contributed by atoms with Crippen LogP contribution in [0.2, 0.25) is 0 Å². The van der Waals surface area contributed by atoms with Gasteiger partial charge in [-0.25, -0.2) is 4.98 Å². The minimum atomic E-state index is -0.0818. The molecule has 0 radical (unpaired) electrons. The summed E-state index contributed by atoms with van der Waals surface area (Å²) in [6, 6.07) is 7.67. The Morgan fingerprint density at radius 2 is 2.07 bits per heavy atom. The molecule has 2 heterocycles. The number of carbonyl (C=O) groups excluding carboxylic acids is 2. The van der Waals surface area contributed by atoms with Gasteiger partial charge in [-0.3, -0.25) is 14.5 Å². The Morgan fingerprint density at radius 1 is 1.33 bits per heavy atom. The van der Waals surface area contributed by atoms with Crippen LogP contribution in [0, 0.1) is 5.92 Å². The molecule has 27 heavy (non-hydrogen) atoms. The van der Waals surface area contributed by atoms with Crippen molar-refractivity contribution in [2.45, 2.75) is 39.2 Å². The predicted molar refractivity (Wildman–Crippen MR) is 106 cm³/mol. The Morgan fingerprint density at radius 3 is 2.67 bits per heavy atom. The van der Waals surface area contributed by atoms with Gasteiger partial charge in [0, 0.05) is 18.3 Å². The van der Waals surface area contributed by atoms with Crippen molar-refractivity contribution in [1.29, 1.82) is 0 Å². The van der Waals surface area contributed by atoms with Crippen molar-refractivity contribution in [3.05, 3.63) is 40.9 Å². The van der Waals surface area contributed by atoms with E-state index in [0.29, 0.717) is 23.8 Å². The second-order valence-electron chi connectivity index (χ2n) is 7.01. The van der Waals surface area contributed by atoms with Crippen molar-refractivity contribution in [3.8, 4) is 5.75 Å². The number of thiazole rings is 1. The molecule has 0 saturated carbocycles. The largest absolute Gasteiger partial charge is 0.497 e. The molecule has 1 fully saturated rings. The summed E-state index contributed by atoms with van der Waals surface area (Å²) in [7, 11) is 1.63. The van der Waals surface area contributed by atoms with E-state index in [9.17, 15) is 9.59 Å². The van der Waals surface area contributed by atoms with E-state index in [1.165, 1.54) is 11.3 Å². The number of hydrogen-bond donors (Lipinski definition) is 1. The average Bonchev–Trinajstić information content (AvgIpc) is 3.28. The molecule has 0 bridgehead atoms. The van der Waals surface area contributed by atoms with Crippen LogP contribution < -0.4 is 15.0 Å². The lowest BCUT2D eigenvalue weighted by Crippen LogP contribution is -2.33. The Balaban J connectivity index is 1.64. The number of benzene rings is 1. The van der Waals surface area contributed by atoms with Gasteiger partial charge in [-0.05, 0) is 30.0 Å². The first-order valence-corrected chi connectivity index (χ1v) is 10.0. The minimum Gasteiger partial charge on any atom is -0.497 e. The molecule has 2 amide bonds. The van der Waals surface area contributed by atoms with Crippen LogP contribution in [0.1, 0.15) is 44.0 Å². The normalized spacial score (nSPS) is 15.3. The van der Waals surface area contributed by atoms with Crippen LogP contribution in [0.3, 0.4) is 0 Å². The van der Waals surface area contributed by atoms with Gasteiger partial charge in [0.2, 0.25) is 11.8 Å². The maximum absolute atomic E-state index is 12.6. The van der Waals surface area contributed by atoms with Gasteiger partial charge in [-0.15, -0.1) is 11.3 Å². The lowest BCUT2D eigenvalue weighted by Gasteiger charge is -2.23. The van der Waals surface area contributed by atoms with Gasteiger partial charge in [0.05, 0.1) is 25.3 Å². The van der Waals surface area contributed by atoms with E-state index in [1.54, 1.807) is 12.0 Å². The molecule has 6 nitrogen and oxygen atoms in total. The van der Waals surface area contributed by atoms with Crippen LogP contribution in [-0.4, -0.2) is 30.5 Å². The fraction of sp³-hybridized carbons (Fsp3) is 0.450. The van der Waals surface area contributed by atoms with E-state index in [1.807, 2.05) is 29.6 Å². The topological polar surface area (TPSA) is 71.5 Å². The zero-order valence-electron chi connectivity index (χ0n) is 15.9. The molecular formula is C20H25N3O3S. The summed E-state index contributed by atoms with van der Waals surface area (Å²) in [6.07, 6.45) is 1.65. The van der Waals surface area contributed by atoms with E-state index in [2.05, 4.69) is 24.1 Å². The Hall–Kier alpha value is -2.41. The van der Waals surface area contributed by atoms with Crippen molar-refractivity contribution in [2.75, 3.05) is 18.6 Å². The third-order valence-electron chi connectivity index (χ3n) is 4.64. The van der Waals surface area contributed by atoms with Gasteiger partial charge in [-0.1, -0.05) is 26.0 Å². The van der Waals surface area contributed by atoms with Crippen LogP contribution in [0.15, 0.2) is 29.6 Å². The highest BCUT2D eigenvalue weighted by Gasteiger charge is 2.25. The van der Waals surface area contributed by atoms with Crippen LogP contribution in [-0.2, 0) is 16.0 Å². The van der Waals surface area contributed by atoms with E-state index in [-0.39, 0.29) is 30.2 Å². The predicted octanol–water partition coefficient (Wildman–Crippen LogP) is 3.33. The number of nitrogens with zero attached hydrogens (tertiary/aromatic N) is 2. The van der Waals surface area contributed by atoms with Crippen molar-refractivity contribution in [1.82, 2.24) is 10.3 Å². The summed E-state index contributed by atoms with van der Waals surface area (Å²) >= 11 is 1.42. The van der Waals surface area contributed by atoms with Gasteiger partial charge < -0.3 is 10.1 Å². The highest BCUT2D eigenvalue weighted by atomic mass is 32.1. The molecule has 1 saturated heterocycles. The molecule has 0 aliphatic carbocycles. The third-order valence-corrected chi connectivity index (χ3v) is 5.56. The van der Waals surface area contributed by atoms with E-state index >= 15 is 0 Å². The number of amides is 2. The summed E-state index contributed by atoms with van der Waals surface area (Å²) in [5.74, 6) is 1.07. The standard InChI is InChI=1S/C20H25N3O3S/c1-13(2)19(14-6-8-16(26-3)9-7-14)22-17(24)11-15-12-27-20(21-15)23-10-4-5-18(23)25/h6-9,12-13,19H,4-5,10-11H2,1-3H3,(H,22,24). The van der Waals surface area contributed by atoms with Crippen LogP contribution in [0.4, 0.5) is 5.13 Å².